The van der Waals surface area contributed by atoms with Crippen LogP contribution in [-0.4, -0.2) is 27.4 Å². The summed E-state index contributed by atoms with van der Waals surface area (Å²) in [7, 11) is 6.67. The molecule has 444 valence electrons. The fourth-order valence-electron chi connectivity index (χ4n) is 16.4. The van der Waals surface area contributed by atoms with Gasteiger partial charge in [0.15, 0.2) is 0 Å². The molecule has 6 nitrogen and oxygen atoms in total. The van der Waals surface area contributed by atoms with Crippen LogP contribution in [0.15, 0.2) is 292 Å². The van der Waals surface area contributed by atoms with Gasteiger partial charge in [0.25, 0.3) is 0 Å². The van der Waals surface area contributed by atoms with Crippen molar-refractivity contribution in [2.45, 2.75) is 6.92 Å². The van der Waals surface area contributed by atoms with Crippen molar-refractivity contribution in [2.75, 3.05) is 0 Å². The molecular formula is C88H62N6. The first-order valence-electron chi connectivity index (χ1n) is 32.5. The first-order chi connectivity index (χ1) is 46.3. The molecule has 0 saturated carbocycles. The van der Waals surface area contributed by atoms with Gasteiger partial charge in [-0.1, -0.05) is 219 Å². The maximum atomic E-state index is 4.17. The summed E-state index contributed by atoms with van der Waals surface area (Å²) in [5.74, 6) is 0. The molecular weight excluding hydrogens is 1140 g/mol. The Balaban J connectivity index is 0.747. The number of allylic oxidation sites excluding steroid dienone is 2. The zero-order valence-electron chi connectivity index (χ0n) is 52.6. The van der Waals surface area contributed by atoms with Crippen LogP contribution in [0.1, 0.15) is 11.3 Å². The lowest BCUT2D eigenvalue weighted by Gasteiger charge is -2.14. The molecule has 0 unspecified atom stereocenters. The topological polar surface area (TPSA) is 29.6 Å². The summed E-state index contributed by atoms with van der Waals surface area (Å²) in [5, 5.41) is 13.6. The van der Waals surface area contributed by atoms with Crippen molar-refractivity contribution in [1.82, 2.24) is 27.4 Å². The largest absolute Gasteiger partial charge is 0.342 e. The molecule has 0 spiro atoms. The Kier molecular flexibility index (Phi) is 11.7. The number of hydrogen-bond acceptors (Lipinski definition) is 0. The molecule has 0 amide bonds. The third-order valence-corrected chi connectivity index (χ3v) is 20.6. The number of aryl methyl sites for hydroxylation is 3. The second-order valence-corrected chi connectivity index (χ2v) is 25.4. The first-order valence-corrected chi connectivity index (χ1v) is 32.5. The number of aromatic nitrogens is 6. The molecule has 13 aromatic carbocycles. The van der Waals surface area contributed by atoms with Gasteiger partial charge in [0.2, 0.25) is 0 Å². The minimum atomic E-state index is 1.10. The number of benzene rings is 13. The Hall–Kier alpha value is -12.1. The minimum absolute atomic E-state index is 1.10. The van der Waals surface area contributed by atoms with E-state index in [2.05, 4.69) is 347 Å². The van der Waals surface area contributed by atoms with Crippen LogP contribution in [0.5, 0.6) is 0 Å². The van der Waals surface area contributed by atoms with Crippen molar-refractivity contribution in [3.8, 4) is 61.6 Å². The summed E-state index contributed by atoms with van der Waals surface area (Å²) in [6.07, 6.45) is 6.23. The quantitative estimate of drug-likeness (QED) is 0.129. The third-order valence-electron chi connectivity index (χ3n) is 20.6. The summed E-state index contributed by atoms with van der Waals surface area (Å²) in [5.41, 5.74) is 28.4. The maximum absolute atomic E-state index is 4.17. The van der Waals surface area contributed by atoms with E-state index < -0.39 is 0 Å². The molecule has 0 atom stereocenters. The van der Waals surface area contributed by atoms with Crippen LogP contribution in [-0.2, 0) is 21.1 Å². The molecule has 0 aliphatic rings. The Labute approximate surface area is 542 Å². The molecule has 0 saturated heterocycles. The van der Waals surface area contributed by atoms with Crippen molar-refractivity contribution in [2.24, 2.45) is 21.1 Å². The molecule has 6 heterocycles. The van der Waals surface area contributed by atoms with Gasteiger partial charge in [0, 0.05) is 125 Å². The molecule has 0 aliphatic carbocycles. The molecule has 6 aromatic heterocycles. The lowest BCUT2D eigenvalue weighted by atomic mass is 9.95. The standard InChI is InChI=1S/C88H62N6/c1-6-7-26-64-54(2)92(88-81(64)72(52-74-67-29-12-17-33-77(67)90(4)84(74)88)59-43-47-62(48-44-59)93-79-35-19-13-28-66(79)70-50-49-69-65-27-11-16-32-76(65)89(3)83(69)85(70)93)61-45-41-57(42-46-61)56-37-39-58(40-38-56)73-53-75-68-30-14-20-36-80(68)94(63-25-21-24-60(51-63)55-22-9-8-10-23-55)86(75)87-82(73)71-31-15-18-34-78(71)91(87)5/h6-53H,1H2,2-5H3/b26-7-. The van der Waals surface area contributed by atoms with E-state index in [1.807, 2.05) is 6.08 Å². The lowest BCUT2D eigenvalue weighted by molar-refractivity contribution is 1.00. The second kappa shape index (κ2) is 20.4. The predicted molar refractivity (Wildman–Crippen MR) is 400 cm³/mol. The number of fused-ring (bicyclic) bond motifs is 19. The van der Waals surface area contributed by atoms with E-state index in [1.165, 1.54) is 153 Å². The van der Waals surface area contributed by atoms with E-state index in [0.29, 0.717) is 0 Å². The molecule has 0 bridgehead atoms. The normalized spacial score (nSPS) is 12.3. The lowest BCUT2D eigenvalue weighted by Crippen LogP contribution is -1.99. The summed E-state index contributed by atoms with van der Waals surface area (Å²) in [6.45, 7) is 6.44. The Morgan fingerprint density at radius 2 is 0.681 bits per heavy atom. The van der Waals surface area contributed by atoms with Gasteiger partial charge < -0.3 is 27.4 Å². The van der Waals surface area contributed by atoms with Crippen LogP contribution < -0.4 is 0 Å². The van der Waals surface area contributed by atoms with Gasteiger partial charge in [-0.15, -0.1) is 0 Å². The summed E-state index contributed by atoms with van der Waals surface area (Å²) >= 11 is 0. The third kappa shape index (κ3) is 7.59. The van der Waals surface area contributed by atoms with E-state index in [1.54, 1.807) is 0 Å². The zero-order chi connectivity index (χ0) is 62.6. The van der Waals surface area contributed by atoms with Crippen molar-refractivity contribution in [3.63, 3.8) is 0 Å². The number of hydrogen-bond donors (Lipinski definition) is 0. The Morgan fingerprint density at radius 3 is 1.30 bits per heavy atom. The van der Waals surface area contributed by atoms with Gasteiger partial charge in [0.05, 0.1) is 44.1 Å². The van der Waals surface area contributed by atoms with Crippen molar-refractivity contribution < 1.29 is 0 Å². The smallest absolute Gasteiger partial charge is 0.0788 e. The van der Waals surface area contributed by atoms with Gasteiger partial charge >= 0.3 is 0 Å². The van der Waals surface area contributed by atoms with E-state index in [-0.39, 0.29) is 0 Å². The van der Waals surface area contributed by atoms with Crippen LogP contribution in [0, 0.1) is 6.92 Å². The molecule has 19 aromatic rings. The zero-order valence-corrected chi connectivity index (χ0v) is 52.6. The fraction of sp³-hybridized carbons (Fsp3) is 0.0455. The van der Waals surface area contributed by atoms with E-state index in [9.17, 15) is 0 Å². The highest BCUT2D eigenvalue weighted by atomic mass is 15.1. The molecule has 0 radical (unpaired) electrons. The monoisotopic (exact) mass is 1200 g/mol. The maximum Gasteiger partial charge on any atom is 0.0788 e. The highest BCUT2D eigenvalue weighted by molar-refractivity contribution is 6.28. The molecule has 6 heteroatoms. The Morgan fingerprint density at radius 1 is 0.277 bits per heavy atom. The molecule has 94 heavy (non-hydrogen) atoms. The highest BCUT2D eigenvalue weighted by Crippen LogP contribution is 2.49. The van der Waals surface area contributed by atoms with Gasteiger partial charge in [-0.25, -0.2) is 0 Å². The van der Waals surface area contributed by atoms with E-state index >= 15 is 0 Å². The number of nitrogens with zero attached hydrogens (tertiary/aromatic N) is 6. The van der Waals surface area contributed by atoms with Crippen molar-refractivity contribution in [1.29, 1.82) is 0 Å². The first kappa shape index (κ1) is 53.7. The second-order valence-electron chi connectivity index (χ2n) is 25.4. The van der Waals surface area contributed by atoms with Crippen molar-refractivity contribution in [3.05, 3.63) is 303 Å². The summed E-state index contributed by atoms with van der Waals surface area (Å²) in [4.78, 5) is 0. The molecule has 0 fully saturated rings. The predicted octanol–water partition coefficient (Wildman–Crippen LogP) is 22.9. The van der Waals surface area contributed by atoms with Crippen molar-refractivity contribution >= 4 is 126 Å². The van der Waals surface area contributed by atoms with Gasteiger partial charge in [-0.05, 0) is 130 Å². The van der Waals surface area contributed by atoms with Gasteiger partial charge in [-0.2, -0.15) is 0 Å². The summed E-state index contributed by atoms with van der Waals surface area (Å²) in [6, 6.07) is 101. The van der Waals surface area contributed by atoms with Gasteiger partial charge in [0.1, 0.15) is 0 Å². The van der Waals surface area contributed by atoms with Crippen LogP contribution in [0.4, 0.5) is 0 Å². The average Bonchev–Trinajstić information content (AvgIpc) is 1.56. The van der Waals surface area contributed by atoms with Crippen LogP contribution in [0.25, 0.3) is 188 Å². The number of para-hydroxylation sites is 5. The molecule has 0 N–H and O–H groups in total. The average molecular weight is 1200 g/mol. The number of rotatable bonds is 9. The van der Waals surface area contributed by atoms with Crippen LogP contribution in [0.2, 0.25) is 0 Å². The summed E-state index contributed by atoms with van der Waals surface area (Å²) < 4.78 is 14.7. The van der Waals surface area contributed by atoms with E-state index in [4.69, 9.17) is 0 Å². The molecule has 19 rings (SSSR count). The fourth-order valence-corrected chi connectivity index (χ4v) is 16.4. The SMILES string of the molecule is C=C/C=C\c1c(C)n(-c2ccc(-c3ccc(-c4cc5c6ccccc6n(-c6cccc(-c7ccccc7)c6)c5c5c4c4ccccc4n5C)cc3)cc2)c2c1c(-c1ccc(-n3c4ccccc4c4ccc5c6ccccc6n(C)c5c43)cc1)cc1c3ccccc3n(C)c12. The van der Waals surface area contributed by atoms with Crippen LogP contribution >= 0.6 is 0 Å². The van der Waals surface area contributed by atoms with Gasteiger partial charge in [-0.3, -0.25) is 0 Å². The Bertz CT molecular complexity index is 6430. The molecule has 0 aliphatic heterocycles. The highest BCUT2D eigenvalue weighted by Gasteiger charge is 2.27. The van der Waals surface area contributed by atoms with Crippen LogP contribution in [0.3, 0.4) is 0 Å². The van der Waals surface area contributed by atoms with E-state index in [0.717, 1.165) is 39.4 Å². The minimum Gasteiger partial charge on any atom is -0.342 e.